The van der Waals surface area contributed by atoms with Gasteiger partial charge in [0.05, 0.1) is 17.6 Å². The summed E-state index contributed by atoms with van der Waals surface area (Å²) in [5.74, 6) is -0.139. The van der Waals surface area contributed by atoms with Crippen LogP contribution >= 0.6 is 11.3 Å². The monoisotopic (exact) mass is 243 g/mol. The molecule has 5 heteroatoms. The molecule has 0 saturated carbocycles. The Kier molecular flexibility index (Phi) is 5.45. The molecule has 2 N–H and O–H groups in total. The quantitative estimate of drug-likeness (QED) is 0.785. The average Bonchev–Trinajstić information content (AvgIpc) is 2.75. The molecule has 0 spiro atoms. The fourth-order valence-electron chi connectivity index (χ4n) is 1.24. The van der Waals surface area contributed by atoms with Crippen molar-refractivity contribution in [2.24, 2.45) is 0 Å². The molecular weight excluding hydrogens is 226 g/mol. The largest absolute Gasteiger partial charge is 0.389 e. The van der Waals surface area contributed by atoms with Gasteiger partial charge in [-0.05, 0) is 18.6 Å². The number of aryl methyl sites for hydroxylation is 1. The molecule has 1 atom stereocenters. The molecule has 90 valence electrons. The molecule has 0 saturated heterocycles. The van der Waals surface area contributed by atoms with E-state index in [0.717, 1.165) is 6.42 Å². The fraction of sp³-hybridized carbons (Fsp3) is 0.545. The molecule has 0 aliphatic heterocycles. The minimum absolute atomic E-state index is 0.139. The number of carbonyl (C=O) groups excluding carboxylic acids is 1. The van der Waals surface area contributed by atoms with E-state index in [1.807, 2.05) is 12.1 Å². The van der Waals surface area contributed by atoms with Gasteiger partial charge in [0, 0.05) is 18.5 Å². The molecule has 0 aliphatic rings. The van der Waals surface area contributed by atoms with Gasteiger partial charge in [-0.15, -0.1) is 11.3 Å². The zero-order chi connectivity index (χ0) is 12.0. The van der Waals surface area contributed by atoms with Crippen LogP contribution in [-0.4, -0.2) is 37.4 Å². The highest BCUT2D eigenvalue weighted by Crippen LogP contribution is 2.16. The molecule has 4 nitrogen and oxygen atoms in total. The molecule has 1 aromatic rings. The van der Waals surface area contributed by atoms with Crippen LogP contribution < -0.4 is 5.32 Å². The lowest BCUT2D eigenvalue weighted by Crippen LogP contribution is -2.33. The summed E-state index contributed by atoms with van der Waals surface area (Å²) in [7, 11) is 1.51. The minimum atomic E-state index is -0.653. The summed E-state index contributed by atoms with van der Waals surface area (Å²) in [6.07, 6.45) is 0.282. The summed E-state index contributed by atoms with van der Waals surface area (Å²) in [5.41, 5.74) is 0. The SMILES string of the molecule is CCc1ccc(C(=O)NCC(O)COC)s1. The van der Waals surface area contributed by atoms with E-state index in [2.05, 4.69) is 12.2 Å². The predicted octanol–water partition coefficient (Wildman–Crippen LogP) is 1.05. The summed E-state index contributed by atoms with van der Waals surface area (Å²) in [6.45, 7) is 2.49. The van der Waals surface area contributed by atoms with E-state index in [1.165, 1.54) is 23.3 Å². The Balaban J connectivity index is 2.40. The molecule has 1 heterocycles. The molecule has 1 amide bonds. The first-order chi connectivity index (χ1) is 7.67. The number of thiophene rings is 1. The van der Waals surface area contributed by atoms with Crippen molar-refractivity contribution in [1.29, 1.82) is 0 Å². The highest BCUT2D eigenvalue weighted by Gasteiger charge is 2.10. The van der Waals surface area contributed by atoms with E-state index >= 15 is 0 Å². The van der Waals surface area contributed by atoms with Crippen molar-refractivity contribution in [3.63, 3.8) is 0 Å². The lowest BCUT2D eigenvalue weighted by molar-refractivity contribution is 0.0611. The standard InChI is InChI=1S/C11H17NO3S/c1-3-9-4-5-10(16-9)11(14)12-6-8(13)7-15-2/h4-5,8,13H,3,6-7H2,1-2H3,(H,12,14). The van der Waals surface area contributed by atoms with Gasteiger partial charge < -0.3 is 15.2 Å². The summed E-state index contributed by atoms with van der Waals surface area (Å²) >= 11 is 1.48. The zero-order valence-electron chi connectivity index (χ0n) is 9.53. The van der Waals surface area contributed by atoms with Crippen LogP contribution in [0.3, 0.4) is 0 Å². The fourth-order valence-corrected chi connectivity index (χ4v) is 2.10. The molecule has 0 radical (unpaired) electrons. The molecule has 0 fully saturated rings. The third-order valence-electron chi connectivity index (χ3n) is 2.09. The Bertz CT molecular complexity index is 338. The van der Waals surface area contributed by atoms with Crippen LogP contribution in [-0.2, 0) is 11.2 Å². The molecule has 16 heavy (non-hydrogen) atoms. The van der Waals surface area contributed by atoms with Gasteiger partial charge >= 0.3 is 0 Å². The topological polar surface area (TPSA) is 58.6 Å². The number of rotatable bonds is 6. The Labute approximate surface area is 99.2 Å². The molecule has 1 aromatic heterocycles. The van der Waals surface area contributed by atoms with Crippen LogP contribution in [0.5, 0.6) is 0 Å². The highest BCUT2D eigenvalue weighted by atomic mass is 32.1. The van der Waals surface area contributed by atoms with Crippen molar-refractivity contribution in [3.05, 3.63) is 21.9 Å². The summed E-state index contributed by atoms with van der Waals surface area (Å²) in [5, 5.41) is 12.0. The zero-order valence-corrected chi connectivity index (χ0v) is 10.3. The number of ether oxygens (including phenoxy) is 1. The van der Waals surface area contributed by atoms with E-state index in [4.69, 9.17) is 4.74 Å². The number of methoxy groups -OCH3 is 1. The van der Waals surface area contributed by atoms with Crippen LogP contribution in [0.4, 0.5) is 0 Å². The smallest absolute Gasteiger partial charge is 0.261 e. The van der Waals surface area contributed by atoms with Crippen LogP contribution in [0.2, 0.25) is 0 Å². The van der Waals surface area contributed by atoms with Crippen molar-refractivity contribution >= 4 is 17.2 Å². The van der Waals surface area contributed by atoms with E-state index in [9.17, 15) is 9.90 Å². The molecule has 0 bridgehead atoms. The normalized spacial score (nSPS) is 12.4. The Morgan fingerprint density at radius 3 is 2.94 bits per heavy atom. The second-order valence-corrected chi connectivity index (χ2v) is 4.61. The number of carbonyl (C=O) groups is 1. The van der Waals surface area contributed by atoms with Gasteiger partial charge in [0.1, 0.15) is 0 Å². The molecule has 1 unspecified atom stereocenters. The van der Waals surface area contributed by atoms with Crippen molar-refractivity contribution in [3.8, 4) is 0 Å². The molecular formula is C11H17NO3S. The van der Waals surface area contributed by atoms with Crippen molar-refractivity contribution in [1.82, 2.24) is 5.32 Å². The van der Waals surface area contributed by atoms with Gasteiger partial charge in [0.2, 0.25) is 0 Å². The second-order valence-electron chi connectivity index (χ2n) is 3.44. The van der Waals surface area contributed by atoms with Gasteiger partial charge in [-0.3, -0.25) is 4.79 Å². The minimum Gasteiger partial charge on any atom is -0.389 e. The maximum Gasteiger partial charge on any atom is 0.261 e. The third-order valence-corrected chi connectivity index (χ3v) is 3.32. The van der Waals surface area contributed by atoms with Crippen molar-refractivity contribution < 1.29 is 14.6 Å². The van der Waals surface area contributed by atoms with E-state index in [0.29, 0.717) is 4.88 Å². The van der Waals surface area contributed by atoms with E-state index < -0.39 is 6.10 Å². The van der Waals surface area contributed by atoms with E-state index in [1.54, 1.807) is 0 Å². The Hall–Kier alpha value is -0.910. The number of aliphatic hydroxyl groups is 1. The summed E-state index contributed by atoms with van der Waals surface area (Å²) in [6, 6.07) is 3.76. The predicted molar refractivity (Wildman–Crippen MR) is 63.9 cm³/mol. The number of aliphatic hydroxyl groups excluding tert-OH is 1. The van der Waals surface area contributed by atoms with E-state index in [-0.39, 0.29) is 19.1 Å². The lowest BCUT2D eigenvalue weighted by atomic mass is 10.3. The molecule has 0 aliphatic carbocycles. The van der Waals surface area contributed by atoms with Gasteiger partial charge in [-0.2, -0.15) is 0 Å². The number of hydrogen-bond acceptors (Lipinski definition) is 4. The average molecular weight is 243 g/mol. The van der Waals surface area contributed by atoms with Crippen LogP contribution in [0, 0.1) is 0 Å². The van der Waals surface area contributed by atoms with Gasteiger partial charge in [0.25, 0.3) is 5.91 Å². The van der Waals surface area contributed by atoms with Crippen LogP contribution in [0.25, 0.3) is 0 Å². The van der Waals surface area contributed by atoms with Gasteiger partial charge in [0.15, 0.2) is 0 Å². The maximum absolute atomic E-state index is 11.6. The third kappa shape index (κ3) is 3.92. The van der Waals surface area contributed by atoms with Crippen molar-refractivity contribution in [2.75, 3.05) is 20.3 Å². The van der Waals surface area contributed by atoms with Crippen LogP contribution in [0.15, 0.2) is 12.1 Å². The maximum atomic E-state index is 11.6. The first-order valence-corrected chi connectivity index (χ1v) is 6.03. The Morgan fingerprint density at radius 1 is 1.62 bits per heavy atom. The van der Waals surface area contributed by atoms with Gasteiger partial charge in [-0.25, -0.2) is 0 Å². The highest BCUT2D eigenvalue weighted by molar-refractivity contribution is 7.14. The van der Waals surface area contributed by atoms with Crippen molar-refractivity contribution in [2.45, 2.75) is 19.4 Å². The second kappa shape index (κ2) is 6.62. The molecule has 1 rings (SSSR count). The number of hydrogen-bond donors (Lipinski definition) is 2. The molecule has 0 aromatic carbocycles. The Morgan fingerprint density at radius 2 is 2.38 bits per heavy atom. The summed E-state index contributed by atoms with van der Waals surface area (Å²) < 4.78 is 4.76. The first-order valence-electron chi connectivity index (χ1n) is 5.21. The lowest BCUT2D eigenvalue weighted by Gasteiger charge is -2.09. The number of nitrogens with one attached hydrogen (secondary N) is 1. The van der Waals surface area contributed by atoms with Crippen LogP contribution in [0.1, 0.15) is 21.5 Å². The summed E-state index contributed by atoms with van der Waals surface area (Å²) in [4.78, 5) is 13.5. The number of amides is 1. The first kappa shape index (κ1) is 13.2. The van der Waals surface area contributed by atoms with Gasteiger partial charge in [-0.1, -0.05) is 6.92 Å².